The van der Waals surface area contributed by atoms with Crippen molar-refractivity contribution in [3.8, 4) is 0 Å². The summed E-state index contributed by atoms with van der Waals surface area (Å²) in [5.41, 5.74) is 3.24. The summed E-state index contributed by atoms with van der Waals surface area (Å²) in [5.74, 6) is -0.492. The molecule has 186 valence electrons. The minimum absolute atomic E-state index is 0.189. The van der Waals surface area contributed by atoms with Crippen molar-refractivity contribution in [3.05, 3.63) is 167 Å². The Balaban J connectivity index is 1.81. The minimum Gasteiger partial charge on any atom is -0.292 e. The molecule has 0 aromatic heterocycles. The lowest BCUT2D eigenvalue weighted by Gasteiger charge is -2.29. The maximum Gasteiger partial charge on any atom is 0.258 e. The van der Waals surface area contributed by atoms with Gasteiger partial charge in [0, 0.05) is 11.6 Å². The SMILES string of the molecule is Cc1ccc(C(=O)NC(=Cc2ccc(F)cc2)[P+](c2ccccc2)(c2ccccc2)c2ccccc2)cc1. The molecule has 0 unspecified atom stereocenters. The van der Waals surface area contributed by atoms with Crippen LogP contribution in [0.5, 0.6) is 0 Å². The molecule has 0 atom stereocenters. The molecule has 0 aliphatic heterocycles. The van der Waals surface area contributed by atoms with E-state index < -0.39 is 7.26 Å². The Morgan fingerprint density at radius 1 is 0.632 bits per heavy atom. The number of hydrogen-bond acceptors (Lipinski definition) is 1. The van der Waals surface area contributed by atoms with Crippen molar-refractivity contribution in [2.45, 2.75) is 6.92 Å². The number of amides is 1. The normalized spacial score (nSPS) is 11.7. The summed E-state index contributed by atoms with van der Waals surface area (Å²) in [6.45, 7) is 2.00. The second-order valence-electron chi connectivity index (χ2n) is 9.08. The van der Waals surface area contributed by atoms with Crippen LogP contribution in [-0.2, 0) is 0 Å². The van der Waals surface area contributed by atoms with Crippen molar-refractivity contribution in [2.24, 2.45) is 0 Å². The molecular weight excluding hydrogens is 488 g/mol. The van der Waals surface area contributed by atoms with Gasteiger partial charge in [0.25, 0.3) is 5.91 Å². The Morgan fingerprint density at radius 3 is 1.53 bits per heavy atom. The first kappa shape index (κ1) is 25.3. The second-order valence-corrected chi connectivity index (χ2v) is 12.5. The van der Waals surface area contributed by atoms with Crippen molar-refractivity contribution in [3.63, 3.8) is 0 Å². The Hall–Kier alpha value is -4.33. The predicted molar refractivity (Wildman–Crippen MR) is 158 cm³/mol. The van der Waals surface area contributed by atoms with Crippen LogP contribution in [0.4, 0.5) is 4.39 Å². The first-order valence-electron chi connectivity index (χ1n) is 12.5. The van der Waals surface area contributed by atoms with Crippen molar-refractivity contribution in [1.82, 2.24) is 5.32 Å². The van der Waals surface area contributed by atoms with Crippen LogP contribution >= 0.6 is 7.26 Å². The Kier molecular flexibility index (Phi) is 7.58. The van der Waals surface area contributed by atoms with Crippen LogP contribution in [-0.4, -0.2) is 5.91 Å². The van der Waals surface area contributed by atoms with Crippen LogP contribution in [0.3, 0.4) is 0 Å². The molecule has 0 aliphatic carbocycles. The number of benzene rings is 5. The lowest BCUT2D eigenvalue weighted by atomic mass is 10.1. The van der Waals surface area contributed by atoms with Gasteiger partial charge >= 0.3 is 0 Å². The summed E-state index contributed by atoms with van der Waals surface area (Å²) in [6, 6.07) is 44.9. The summed E-state index contributed by atoms with van der Waals surface area (Å²) in [5, 5.41) is 6.65. The van der Waals surface area contributed by atoms with Gasteiger partial charge in [-0.3, -0.25) is 10.1 Å². The van der Waals surface area contributed by atoms with Crippen LogP contribution < -0.4 is 21.2 Å². The molecule has 5 rings (SSSR count). The summed E-state index contributed by atoms with van der Waals surface area (Å²) in [6.07, 6.45) is 1.99. The van der Waals surface area contributed by atoms with Crippen LogP contribution in [0.25, 0.3) is 6.08 Å². The molecule has 0 bridgehead atoms. The minimum atomic E-state index is -2.59. The van der Waals surface area contributed by atoms with Crippen LogP contribution in [0.1, 0.15) is 21.5 Å². The monoisotopic (exact) mass is 516 g/mol. The quantitative estimate of drug-likeness (QED) is 0.235. The number of hydrogen-bond donors (Lipinski definition) is 1. The third-order valence-corrected chi connectivity index (χ3v) is 10.7. The molecular formula is C34H28FNOP+. The van der Waals surface area contributed by atoms with Gasteiger partial charge in [0.1, 0.15) is 21.7 Å². The Labute approximate surface area is 223 Å². The van der Waals surface area contributed by atoms with Crippen molar-refractivity contribution >= 4 is 35.2 Å². The van der Waals surface area contributed by atoms with Crippen LogP contribution in [0, 0.1) is 12.7 Å². The summed E-state index contributed by atoms with van der Waals surface area (Å²) < 4.78 is 13.8. The average molecular weight is 517 g/mol. The fraction of sp³-hybridized carbons (Fsp3) is 0.0294. The van der Waals surface area contributed by atoms with Crippen molar-refractivity contribution in [2.75, 3.05) is 0 Å². The number of halogens is 1. The molecule has 0 saturated heterocycles. The Morgan fingerprint density at radius 2 is 1.08 bits per heavy atom. The lowest BCUT2D eigenvalue weighted by Crippen LogP contribution is -2.38. The summed E-state index contributed by atoms with van der Waals surface area (Å²) >= 11 is 0. The van der Waals surface area contributed by atoms with Crippen molar-refractivity contribution < 1.29 is 9.18 Å². The van der Waals surface area contributed by atoms with E-state index in [2.05, 4.69) is 41.7 Å². The smallest absolute Gasteiger partial charge is 0.258 e. The summed E-state index contributed by atoms with van der Waals surface area (Å²) in [4.78, 5) is 13.8. The van der Waals surface area contributed by atoms with Gasteiger partial charge in [-0.05, 0) is 73.2 Å². The molecule has 0 spiro atoms. The van der Waals surface area contributed by atoms with E-state index in [-0.39, 0.29) is 11.7 Å². The van der Waals surface area contributed by atoms with Gasteiger partial charge < -0.3 is 0 Å². The van der Waals surface area contributed by atoms with Crippen molar-refractivity contribution in [1.29, 1.82) is 0 Å². The first-order chi connectivity index (χ1) is 18.6. The molecule has 5 aromatic carbocycles. The zero-order valence-corrected chi connectivity index (χ0v) is 22.0. The number of nitrogens with one attached hydrogen (secondary N) is 1. The molecule has 1 N–H and O–H groups in total. The third-order valence-electron chi connectivity index (χ3n) is 6.52. The number of carbonyl (C=O) groups excluding carboxylic acids is 1. The lowest BCUT2D eigenvalue weighted by molar-refractivity contribution is 0.0969. The maximum atomic E-state index is 13.8. The third kappa shape index (κ3) is 5.20. The molecule has 4 heteroatoms. The van der Waals surface area contributed by atoms with E-state index in [4.69, 9.17) is 0 Å². The van der Waals surface area contributed by atoms with E-state index in [0.29, 0.717) is 5.56 Å². The molecule has 0 aliphatic rings. The fourth-order valence-corrected chi connectivity index (χ4v) is 8.85. The van der Waals surface area contributed by atoms with Gasteiger partial charge in [-0.2, -0.15) is 0 Å². The van der Waals surface area contributed by atoms with Gasteiger partial charge in [0.2, 0.25) is 0 Å². The van der Waals surface area contributed by atoms with E-state index in [9.17, 15) is 9.18 Å². The highest BCUT2D eigenvalue weighted by Gasteiger charge is 2.50. The standard InChI is InChI=1S/C34H27FNOP/c1-26-17-21-28(22-18-26)34(37)36-33(25-27-19-23-29(35)24-20-27)38(30-11-5-2-6-12-30,31-13-7-3-8-14-31)32-15-9-4-10-16-32/h2-25H,1H3/p+1. The van der Waals surface area contributed by atoms with E-state index in [1.807, 2.05) is 91.9 Å². The fourth-order valence-electron chi connectivity index (χ4n) is 4.65. The zero-order chi connectivity index (χ0) is 26.4. The van der Waals surface area contributed by atoms with Gasteiger partial charge in [-0.15, -0.1) is 0 Å². The van der Waals surface area contributed by atoms with E-state index in [0.717, 1.165) is 32.5 Å². The van der Waals surface area contributed by atoms with Crippen LogP contribution in [0.2, 0.25) is 0 Å². The van der Waals surface area contributed by atoms with E-state index in [1.165, 1.54) is 12.1 Å². The van der Waals surface area contributed by atoms with Gasteiger partial charge in [-0.1, -0.05) is 84.4 Å². The predicted octanol–water partition coefficient (Wildman–Crippen LogP) is 6.86. The molecule has 2 nitrogen and oxygen atoms in total. The topological polar surface area (TPSA) is 29.1 Å². The van der Waals surface area contributed by atoms with E-state index >= 15 is 0 Å². The average Bonchev–Trinajstić information content (AvgIpc) is 2.97. The number of rotatable bonds is 7. The second kappa shape index (κ2) is 11.4. The molecule has 0 fully saturated rings. The molecule has 0 saturated carbocycles. The van der Waals surface area contributed by atoms with Gasteiger partial charge in [0.05, 0.1) is 0 Å². The highest BCUT2D eigenvalue weighted by Crippen LogP contribution is 2.61. The maximum absolute atomic E-state index is 13.8. The highest BCUT2D eigenvalue weighted by molar-refractivity contribution is 7.99. The first-order valence-corrected chi connectivity index (χ1v) is 14.3. The zero-order valence-electron chi connectivity index (χ0n) is 21.1. The number of aryl methyl sites for hydroxylation is 1. The van der Waals surface area contributed by atoms with Gasteiger partial charge in [-0.25, -0.2) is 4.39 Å². The molecule has 1 amide bonds. The highest BCUT2D eigenvalue weighted by atomic mass is 31.2. The summed E-state index contributed by atoms with van der Waals surface area (Å²) in [7, 11) is -2.59. The molecule has 0 heterocycles. The van der Waals surface area contributed by atoms with E-state index in [1.54, 1.807) is 12.1 Å². The molecule has 5 aromatic rings. The number of carbonyl (C=O) groups is 1. The Bertz CT molecular complexity index is 1440. The molecule has 38 heavy (non-hydrogen) atoms. The van der Waals surface area contributed by atoms with Crippen LogP contribution in [0.15, 0.2) is 145 Å². The van der Waals surface area contributed by atoms with Gasteiger partial charge in [0.15, 0.2) is 12.7 Å². The molecule has 0 radical (unpaired) electrons. The largest absolute Gasteiger partial charge is 0.292 e.